The molecule has 20 heavy (non-hydrogen) atoms. The number of likely N-dealkylation sites (tertiary alicyclic amines) is 1. The molecule has 2 heterocycles. The Bertz CT molecular complexity index is 472. The van der Waals surface area contributed by atoms with E-state index in [1.165, 1.54) is 24.2 Å². The monoisotopic (exact) mass is 290 g/mol. The molecule has 0 saturated carbocycles. The third-order valence-electron chi connectivity index (χ3n) is 3.50. The van der Waals surface area contributed by atoms with E-state index in [9.17, 15) is 4.79 Å². The highest BCUT2D eigenvalue weighted by Gasteiger charge is 2.20. The van der Waals surface area contributed by atoms with Crippen molar-refractivity contribution in [3.8, 4) is 11.8 Å². The van der Waals surface area contributed by atoms with Gasteiger partial charge in [-0.25, -0.2) is 0 Å². The van der Waals surface area contributed by atoms with Crippen molar-refractivity contribution in [2.75, 3.05) is 26.2 Å². The first-order valence-electron chi connectivity index (χ1n) is 7.29. The molecular formula is C16H22N2OS. The third-order valence-corrected chi connectivity index (χ3v) is 4.37. The van der Waals surface area contributed by atoms with Crippen LogP contribution in [0, 0.1) is 17.8 Å². The van der Waals surface area contributed by atoms with Crippen LogP contribution in [0.5, 0.6) is 0 Å². The molecule has 0 bridgehead atoms. The minimum Gasteiger partial charge on any atom is -0.351 e. The summed E-state index contributed by atoms with van der Waals surface area (Å²) in [4.78, 5) is 15.1. The van der Waals surface area contributed by atoms with Gasteiger partial charge >= 0.3 is 0 Å². The molecule has 1 aliphatic heterocycles. The molecule has 1 unspecified atom stereocenters. The summed E-state index contributed by atoms with van der Waals surface area (Å²) in [5, 5.41) is 4.99. The average Bonchev–Trinajstić information content (AvgIpc) is 3.00. The maximum atomic E-state index is 11.9. The zero-order valence-corrected chi connectivity index (χ0v) is 12.8. The molecule has 108 valence electrons. The number of hydrogen-bond acceptors (Lipinski definition) is 3. The van der Waals surface area contributed by atoms with Crippen molar-refractivity contribution < 1.29 is 4.79 Å². The second kappa shape index (κ2) is 8.08. The maximum Gasteiger partial charge on any atom is 0.261 e. The molecule has 1 saturated heterocycles. The minimum absolute atomic E-state index is 0.0582. The van der Waals surface area contributed by atoms with Crippen LogP contribution in [0.15, 0.2) is 17.5 Å². The van der Waals surface area contributed by atoms with Crippen LogP contribution in [0.3, 0.4) is 0 Å². The van der Waals surface area contributed by atoms with Gasteiger partial charge in [0.2, 0.25) is 0 Å². The fourth-order valence-electron chi connectivity index (χ4n) is 2.49. The van der Waals surface area contributed by atoms with Gasteiger partial charge < -0.3 is 5.32 Å². The van der Waals surface area contributed by atoms with Crippen LogP contribution in [-0.4, -0.2) is 37.0 Å². The highest BCUT2D eigenvalue weighted by Crippen LogP contribution is 2.16. The standard InChI is InChI=1S/C16H22N2OS/c1-2-3-4-9-18-10-5-7-14(13-18)12-17-16(19)15-8-6-11-20-15/h6,8,11,14H,2,5,7,9-10,12-13H2,1H3,(H,17,19). The zero-order chi connectivity index (χ0) is 14.2. The molecule has 0 aliphatic carbocycles. The van der Waals surface area contributed by atoms with Gasteiger partial charge in [0.15, 0.2) is 0 Å². The zero-order valence-electron chi connectivity index (χ0n) is 12.0. The van der Waals surface area contributed by atoms with Crippen LogP contribution in [-0.2, 0) is 0 Å². The second-order valence-electron chi connectivity index (χ2n) is 5.14. The molecule has 4 heteroatoms. The number of carbonyl (C=O) groups is 1. The number of piperidine rings is 1. The molecule has 1 N–H and O–H groups in total. The van der Waals surface area contributed by atoms with Crippen LogP contribution < -0.4 is 5.32 Å². The van der Waals surface area contributed by atoms with E-state index < -0.39 is 0 Å². The summed E-state index contributed by atoms with van der Waals surface area (Å²) in [6.07, 6.45) is 3.32. The normalized spacial score (nSPS) is 19.1. The molecule has 1 aliphatic rings. The van der Waals surface area contributed by atoms with Crippen molar-refractivity contribution in [3.63, 3.8) is 0 Å². The van der Waals surface area contributed by atoms with Crippen molar-refractivity contribution in [3.05, 3.63) is 22.4 Å². The van der Waals surface area contributed by atoms with E-state index in [-0.39, 0.29) is 5.91 Å². The van der Waals surface area contributed by atoms with Gasteiger partial charge in [0.25, 0.3) is 5.91 Å². The molecule has 1 aromatic rings. The lowest BCUT2D eigenvalue weighted by molar-refractivity contribution is 0.0939. The molecule has 1 aromatic heterocycles. The predicted octanol–water partition coefficient (Wildman–Crippen LogP) is 2.60. The Kier molecular flexibility index (Phi) is 6.10. The first-order valence-corrected chi connectivity index (χ1v) is 8.17. The lowest BCUT2D eigenvalue weighted by Crippen LogP contribution is -2.40. The molecule has 0 spiro atoms. The second-order valence-corrected chi connectivity index (χ2v) is 6.09. The summed E-state index contributed by atoms with van der Waals surface area (Å²) in [5.74, 6) is 6.93. The smallest absolute Gasteiger partial charge is 0.261 e. The number of carbonyl (C=O) groups excluding carboxylic acids is 1. The Morgan fingerprint density at radius 2 is 2.45 bits per heavy atom. The van der Waals surface area contributed by atoms with E-state index in [1.807, 2.05) is 17.5 Å². The third kappa shape index (κ3) is 4.66. The molecule has 1 amide bonds. The van der Waals surface area contributed by atoms with Gasteiger partial charge in [-0.1, -0.05) is 18.9 Å². The van der Waals surface area contributed by atoms with Crippen molar-refractivity contribution in [2.24, 2.45) is 5.92 Å². The van der Waals surface area contributed by atoms with Gasteiger partial charge in [0, 0.05) is 19.5 Å². The van der Waals surface area contributed by atoms with Gasteiger partial charge in [-0.05, 0) is 36.8 Å². The van der Waals surface area contributed by atoms with Crippen LogP contribution in [0.4, 0.5) is 0 Å². The van der Waals surface area contributed by atoms with Crippen molar-refractivity contribution in [2.45, 2.75) is 26.2 Å². The first-order chi connectivity index (χ1) is 9.79. The summed E-state index contributed by atoms with van der Waals surface area (Å²) >= 11 is 1.49. The topological polar surface area (TPSA) is 32.3 Å². The minimum atomic E-state index is 0.0582. The average molecular weight is 290 g/mol. The highest BCUT2D eigenvalue weighted by atomic mass is 32.1. The lowest BCUT2D eigenvalue weighted by atomic mass is 9.98. The number of amides is 1. The predicted molar refractivity (Wildman–Crippen MR) is 83.9 cm³/mol. The Balaban J connectivity index is 1.74. The largest absolute Gasteiger partial charge is 0.351 e. The van der Waals surface area contributed by atoms with Gasteiger partial charge in [0.1, 0.15) is 0 Å². The molecular weight excluding hydrogens is 268 g/mol. The maximum absolute atomic E-state index is 11.9. The summed E-state index contributed by atoms with van der Waals surface area (Å²) in [7, 11) is 0. The van der Waals surface area contributed by atoms with Gasteiger partial charge in [-0.2, -0.15) is 0 Å². The van der Waals surface area contributed by atoms with Gasteiger partial charge in [-0.15, -0.1) is 17.3 Å². The van der Waals surface area contributed by atoms with E-state index in [4.69, 9.17) is 0 Å². The van der Waals surface area contributed by atoms with Crippen molar-refractivity contribution in [1.29, 1.82) is 0 Å². The Labute approximate surface area is 125 Å². The molecule has 0 radical (unpaired) electrons. The summed E-state index contributed by atoms with van der Waals surface area (Å²) in [6, 6.07) is 3.78. The lowest BCUT2D eigenvalue weighted by Gasteiger charge is -2.31. The fraction of sp³-hybridized carbons (Fsp3) is 0.562. The van der Waals surface area contributed by atoms with Crippen LogP contribution >= 0.6 is 11.3 Å². The molecule has 0 aromatic carbocycles. The molecule has 3 nitrogen and oxygen atoms in total. The summed E-state index contributed by atoms with van der Waals surface area (Å²) in [5.41, 5.74) is 0. The van der Waals surface area contributed by atoms with Gasteiger partial charge in [0.05, 0.1) is 11.4 Å². The number of nitrogens with one attached hydrogen (secondary N) is 1. The van der Waals surface area contributed by atoms with E-state index >= 15 is 0 Å². The van der Waals surface area contributed by atoms with Crippen LogP contribution in [0.25, 0.3) is 0 Å². The van der Waals surface area contributed by atoms with Crippen LogP contribution in [0.2, 0.25) is 0 Å². The Hall–Kier alpha value is -1.31. The Morgan fingerprint density at radius 3 is 3.20 bits per heavy atom. The van der Waals surface area contributed by atoms with E-state index in [0.29, 0.717) is 5.92 Å². The van der Waals surface area contributed by atoms with E-state index in [1.54, 1.807) is 0 Å². The summed E-state index contributed by atoms with van der Waals surface area (Å²) < 4.78 is 0. The molecule has 2 rings (SSSR count). The summed E-state index contributed by atoms with van der Waals surface area (Å²) in [6.45, 7) is 5.89. The van der Waals surface area contributed by atoms with Gasteiger partial charge in [-0.3, -0.25) is 9.69 Å². The molecule has 1 fully saturated rings. The number of hydrogen-bond donors (Lipinski definition) is 1. The Morgan fingerprint density at radius 1 is 1.55 bits per heavy atom. The number of nitrogens with zero attached hydrogens (tertiary/aromatic N) is 1. The van der Waals surface area contributed by atoms with E-state index in [2.05, 4.69) is 29.0 Å². The van der Waals surface area contributed by atoms with Crippen molar-refractivity contribution in [1.82, 2.24) is 10.2 Å². The van der Waals surface area contributed by atoms with Crippen LogP contribution in [0.1, 0.15) is 35.9 Å². The van der Waals surface area contributed by atoms with E-state index in [0.717, 1.165) is 37.5 Å². The van der Waals surface area contributed by atoms with Crippen molar-refractivity contribution >= 4 is 17.2 Å². The number of rotatable bonds is 4. The fourth-order valence-corrected chi connectivity index (χ4v) is 3.13. The number of thiophene rings is 1. The first kappa shape index (κ1) is 15.1. The SMILES string of the molecule is CCC#CCN1CCCC(CNC(=O)c2cccs2)C1. The molecule has 1 atom stereocenters. The highest BCUT2D eigenvalue weighted by molar-refractivity contribution is 7.12. The quantitative estimate of drug-likeness (QED) is 0.865.